The predicted octanol–water partition coefficient (Wildman–Crippen LogP) is 3.19. The summed E-state index contributed by atoms with van der Waals surface area (Å²) >= 11 is 3.49. The Morgan fingerprint density at radius 2 is 2.15 bits per heavy atom. The molecule has 0 unspecified atom stereocenters. The smallest absolute Gasteiger partial charge is 0.170 e. The van der Waals surface area contributed by atoms with Crippen LogP contribution in [0.2, 0.25) is 0 Å². The van der Waals surface area contributed by atoms with Crippen LogP contribution in [0.1, 0.15) is 0 Å². The lowest BCUT2D eigenvalue weighted by Gasteiger charge is -2.16. The van der Waals surface area contributed by atoms with Crippen LogP contribution in [0.5, 0.6) is 11.5 Å². The van der Waals surface area contributed by atoms with E-state index in [9.17, 15) is 0 Å². The Kier molecular flexibility index (Phi) is 4.34. The number of hydrogen-bond donors (Lipinski definition) is 2. The van der Waals surface area contributed by atoms with Crippen molar-refractivity contribution in [3.63, 3.8) is 0 Å². The summed E-state index contributed by atoms with van der Waals surface area (Å²) in [5, 5.41) is 4.78. The fourth-order valence-corrected chi connectivity index (χ4v) is 2.53. The molecule has 0 bridgehead atoms. The van der Waals surface area contributed by atoms with Crippen molar-refractivity contribution in [1.82, 2.24) is 4.98 Å². The molecular weight excluding hydrogens is 322 g/mol. The summed E-state index contributed by atoms with van der Waals surface area (Å²) in [7, 11) is 3.17. The lowest BCUT2D eigenvalue weighted by molar-refractivity contribution is 0.358. The van der Waals surface area contributed by atoms with Crippen LogP contribution in [-0.4, -0.2) is 25.7 Å². The van der Waals surface area contributed by atoms with Gasteiger partial charge in [-0.25, -0.2) is 4.98 Å². The van der Waals surface area contributed by atoms with Crippen molar-refractivity contribution in [3.05, 3.63) is 29.4 Å². The molecule has 0 atom stereocenters. The van der Waals surface area contributed by atoms with Gasteiger partial charge in [0.15, 0.2) is 11.5 Å². The van der Waals surface area contributed by atoms with Gasteiger partial charge < -0.3 is 20.5 Å². The molecule has 0 saturated carbocycles. The van der Waals surface area contributed by atoms with E-state index in [1.807, 2.05) is 0 Å². The molecule has 0 aliphatic carbocycles. The Balaban J connectivity index is 2.82. The van der Waals surface area contributed by atoms with E-state index in [1.165, 1.54) is 0 Å². The average molecular weight is 338 g/mol. The number of pyridine rings is 1. The van der Waals surface area contributed by atoms with Gasteiger partial charge in [-0.05, 0) is 15.9 Å². The zero-order valence-electron chi connectivity index (χ0n) is 11.4. The Hall–Kier alpha value is -1.95. The number of fused-ring (bicyclic) bond motifs is 1. The van der Waals surface area contributed by atoms with Crippen LogP contribution in [-0.2, 0) is 0 Å². The van der Waals surface area contributed by atoms with E-state index in [-0.39, 0.29) is 0 Å². The lowest BCUT2D eigenvalue weighted by atomic mass is 10.1. The molecule has 0 radical (unpaired) electrons. The third-order valence-corrected chi connectivity index (χ3v) is 3.50. The van der Waals surface area contributed by atoms with Crippen molar-refractivity contribution in [2.75, 3.05) is 31.8 Å². The minimum absolute atomic E-state index is 0.568. The molecule has 0 fully saturated rings. The zero-order valence-corrected chi connectivity index (χ0v) is 13.0. The molecule has 1 heterocycles. The maximum Gasteiger partial charge on any atom is 0.170 e. The zero-order chi connectivity index (χ0) is 14.7. The van der Waals surface area contributed by atoms with Crippen molar-refractivity contribution >= 4 is 38.2 Å². The van der Waals surface area contributed by atoms with Crippen molar-refractivity contribution in [2.45, 2.75) is 0 Å². The highest BCUT2D eigenvalue weighted by Crippen LogP contribution is 2.44. The number of nitrogens with zero attached hydrogens (tertiary/aromatic N) is 1. The summed E-state index contributed by atoms with van der Waals surface area (Å²) < 4.78 is 11.6. The van der Waals surface area contributed by atoms with Crippen molar-refractivity contribution in [2.24, 2.45) is 0 Å². The van der Waals surface area contributed by atoms with Crippen LogP contribution < -0.4 is 20.5 Å². The molecule has 20 heavy (non-hydrogen) atoms. The van der Waals surface area contributed by atoms with E-state index in [0.29, 0.717) is 29.5 Å². The molecule has 6 heteroatoms. The second-order valence-corrected chi connectivity index (χ2v) is 4.93. The monoisotopic (exact) mass is 337 g/mol. The second kappa shape index (κ2) is 6.00. The van der Waals surface area contributed by atoms with Crippen LogP contribution in [0, 0.1) is 0 Å². The van der Waals surface area contributed by atoms with Gasteiger partial charge >= 0.3 is 0 Å². The van der Waals surface area contributed by atoms with Crippen LogP contribution in [0.3, 0.4) is 0 Å². The SMILES string of the molecule is C=CCNc1ncc(Br)c2c(OC)c(OC)cc(N)c12. The summed E-state index contributed by atoms with van der Waals surface area (Å²) in [6, 6.07) is 1.73. The first-order valence-electron chi connectivity index (χ1n) is 5.97. The van der Waals surface area contributed by atoms with Crippen LogP contribution >= 0.6 is 15.9 Å². The van der Waals surface area contributed by atoms with Crippen molar-refractivity contribution in [3.8, 4) is 11.5 Å². The Labute approximate surface area is 125 Å². The topological polar surface area (TPSA) is 69.4 Å². The normalized spacial score (nSPS) is 10.3. The first-order valence-corrected chi connectivity index (χ1v) is 6.76. The number of nitrogen functional groups attached to an aromatic ring is 1. The van der Waals surface area contributed by atoms with Gasteiger partial charge in [-0.3, -0.25) is 0 Å². The number of nitrogens with one attached hydrogen (secondary N) is 1. The number of hydrogen-bond acceptors (Lipinski definition) is 5. The maximum atomic E-state index is 6.14. The van der Waals surface area contributed by atoms with Gasteiger partial charge in [0.05, 0.1) is 19.6 Å². The number of halogens is 1. The fourth-order valence-electron chi connectivity index (χ4n) is 2.05. The van der Waals surface area contributed by atoms with Gasteiger partial charge in [-0.15, -0.1) is 6.58 Å². The molecule has 0 amide bonds. The largest absolute Gasteiger partial charge is 0.493 e. The molecule has 0 spiro atoms. The molecule has 106 valence electrons. The van der Waals surface area contributed by atoms with Crippen LogP contribution in [0.25, 0.3) is 10.8 Å². The molecule has 5 nitrogen and oxygen atoms in total. The van der Waals surface area contributed by atoms with E-state index < -0.39 is 0 Å². The first-order chi connectivity index (χ1) is 9.63. The number of aromatic nitrogens is 1. The second-order valence-electron chi connectivity index (χ2n) is 4.08. The highest BCUT2D eigenvalue weighted by atomic mass is 79.9. The Morgan fingerprint density at radius 1 is 1.40 bits per heavy atom. The Morgan fingerprint density at radius 3 is 2.75 bits per heavy atom. The van der Waals surface area contributed by atoms with Crippen molar-refractivity contribution in [1.29, 1.82) is 0 Å². The predicted molar refractivity (Wildman–Crippen MR) is 85.6 cm³/mol. The summed E-state index contributed by atoms with van der Waals surface area (Å²) in [5.41, 5.74) is 6.70. The number of benzene rings is 1. The van der Waals surface area contributed by atoms with Crippen molar-refractivity contribution < 1.29 is 9.47 Å². The highest BCUT2D eigenvalue weighted by molar-refractivity contribution is 9.10. The van der Waals surface area contributed by atoms with Crippen LogP contribution in [0.4, 0.5) is 11.5 Å². The number of rotatable bonds is 5. The van der Waals surface area contributed by atoms with Gasteiger partial charge in [0, 0.05) is 34.4 Å². The lowest BCUT2D eigenvalue weighted by Crippen LogP contribution is -2.04. The molecule has 2 rings (SSSR count). The number of nitrogens with two attached hydrogens (primary N) is 1. The third-order valence-electron chi connectivity index (χ3n) is 2.90. The fraction of sp³-hybridized carbons (Fsp3) is 0.214. The average Bonchev–Trinajstić information content (AvgIpc) is 2.46. The maximum absolute atomic E-state index is 6.14. The standard InChI is InChI=1S/C14H16BrN3O2/c1-4-5-17-14-12-9(16)6-10(19-2)13(20-3)11(12)8(15)7-18-14/h4,6-7H,1,5,16H2,2-3H3,(H,17,18). The number of anilines is 2. The molecule has 0 aliphatic heterocycles. The third kappa shape index (κ3) is 2.38. The molecule has 2 aromatic rings. The van der Waals surface area contributed by atoms with Gasteiger partial charge in [0.25, 0.3) is 0 Å². The first kappa shape index (κ1) is 14.5. The highest BCUT2D eigenvalue weighted by Gasteiger charge is 2.18. The van der Waals surface area contributed by atoms with Gasteiger partial charge in [0.2, 0.25) is 0 Å². The quantitative estimate of drug-likeness (QED) is 0.647. The van der Waals surface area contributed by atoms with Gasteiger partial charge in [-0.1, -0.05) is 6.08 Å². The van der Waals surface area contributed by atoms with Gasteiger partial charge in [0.1, 0.15) is 5.82 Å². The number of methoxy groups -OCH3 is 2. The summed E-state index contributed by atoms with van der Waals surface area (Å²) in [4.78, 5) is 4.35. The Bertz CT molecular complexity index is 659. The van der Waals surface area contributed by atoms with E-state index >= 15 is 0 Å². The summed E-state index contributed by atoms with van der Waals surface area (Å²) in [5.74, 6) is 1.88. The molecular formula is C14H16BrN3O2. The molecule has 3 N–H and O–H groups in total. The van der Waals surface area contributed by atoms with E-state index in [4.69, 9.17) is 15.2 Å². The molecule has 1 aromatic carbocycles. The van der Waals surface area contributed by atoms with Crippen LogP contribution in [0.15, 0.2) is 29.4 Å². The minimum Gasteiger partial charge on any atom is -0.493 e. The van der Waals surface area contributed by atoms with E-state index in [1.54, 1.807) is 32.6 Å². The molecule has 0 saturated heterocycles. The summed E-state index contributed by atoms with van der Waals surface area (Å²) in [6.45, 7) is 4.28. The van der Waals surface area contributed by atoms with E-state index in [2.05, 4.69) is 32.8 Å². The number of ether oxygens (including phenoxy) is 2. The molecule has 0 aliphatic rings. The van der Waals surface area contributed by atoms with Gasteiger partial charge in [-0.2, -0.15) is 0 Å². The molecule has 1 aromatic heterocycles. The summed E-state index contributed by atoms with van der Waals surface area (Å²) in [6.07, 6.45) is 3.46. The minimum atomic E-state index is 0.568. The van der Waals surface area contributed by atoms with E-state index in [0.717, 1.165) is 15.2 Å².